The molecule has 3 rings (SSSR count). The van der Waals surface area contributed by atoms with Crippen LogP contribution < -0.4 is 10.5 Å². The summed E-state index contributed by atoms with van der Waals surface area (Å²) in [7, 11) is -3.66. The molecule has 0 atom stereocenters. The van der Waals surface area contributed by atoms with E-state index in [0.717, 1.165) is 5.56 Å². The molecule has 2 aromatic carbocycles. The molecule has 2 N–H and O–H groups in total. The Kier molecular flexibility index (Phi) is 3.04. The molecule has 0 saturated carbocycles. The lowest BCUT2D eigenvalue weighted by Crippen LogP contribution is -2.10. The monoisotopic (exact) mass is 288 g/mol. The predicted molar refractivity (Wildman–Crippen MR) is 75.1 cm³/mol. The van der Waals surface area contributed by atoms with Crippen LogP contribution in [0.2, 0.25) is 0 Å². The van der Waals surface area contributed by atoms with Gasteiger partial charge in [-0.2, -0.15) is 8.42 Å². The molecule has 102 valence electrons. The Hall–Kier alpha value is -2.18. The van der Waals surface area contributed by atoms with Crippen molar-refractivity contribution in [1.82, 2.24) is 0 Å². The molecule has 1 heterocycles. The van der Waals surface area contributed by atoms with Gasteiger partial charge in [0.05, 0.1) is 5.56 Å². The van der Waals surface area contributed by atoms with Gasteiger partial charge in [0.25, 0.3) is 10.0 Å². The zero-order valence-electron chi connectivity index (χ0n) is 10.5. The van der Waals surface area contributed by atoms with Crippen LogP contribution in [0.25, 0.3) is 0 Å². The fraction of sp³-hybridized carbons (Fsp3) is 0.0714. The number of ether oxygens (including phenoxy) is 1. The lowest BCUT2D eigenvalue weighted by Gasteiger charge is -2.09. The standard InChI is InChI=1S/C14H12N2O3S/c15-9-10-5-1-3-7-12(10)19-14-11-6-2-4-8-13(11)20(17,18)16-14/h1-8H,9,15H2. The van der Waals surface area contributed by atoms with Crippen LogP contribution in [0.1, 0.15) is 11.1 Å². The quantitative estimate of drug-likeness (QED) is 0.911. The highest BCUT2D eigenvalue weighted by Crippen LogP contribution is 2.28. The summed E-state index contributed by atoms with van der Waals surface area (Å²) in [5.74, 6) is 0.599. The minimum absolute atomic E-state index is 0.0847. The zero-order chi connectivity index (χ0) is 14.2. The van der Waals surface area contributed by atoms with Crippen LogP contribution in [-0.4, -0.2) is 14.3 Å². The third-order valence-corrected chi connectivity index (χ3v) is 4.32. The van der Waals surface area contributed by atoms with Crippen molar-refractivity contribution in [2.24, 2.45) is 10.1 Å². The second-order valence-corrected chi connectivity index (χ2v) is 5.85. The van der Waals surface area contributed by atoms with Crippen molar-refractivity contribution in [1.29, 1.82) is 0 Å². The number of hydrogen-bond acceptors (Lipinski definition) is 4. The SMILES string of the molecule is NCc1ccccc1OC1=NS(=O)(=O)c2ccccc21. The second kappa shape index (κ2) is 4.73. The highest BCUT2D eigenvalue weighted by Gasteiger charge is 2.30. The number of rotatable bonds is 2. The van der Waals surface area contributed by atoms with Crippen molar-refractivity contribution in [3.8, 4) is 5.75 Å². The summed E-state index contributed by atoms with van der Waals surface area (Å²) in [6, 6.07) is 13.8. The van der Waals surface area contributed by atoms with E-state index in [1.165, 1.54) is 6.07 Å². The fourth-order valence-corrected chi connectivity index (χ4v) is 3.16. The highest BCUT2D eigenvalue weighted by atomic mass is 32.2. The maximum Gasteiger partial charge on any atom is 0.286 e. The van der Waals surface area contributed by atoms with Gasteiger partial charge in [-0.15, -0.1) is 4.40 Å². The van der Waals surface area contributed by atoms with Gasteiger partial charge in [-0.25, -0.2) is 0 Å². The topological polar surface area (TPSA) is 81.8 Å². The van der Waals surface area contributed by atoms with Gasteiger partial charge in [-0.3, -0.25) is 0 Å². The second-order valence-electron chi connectivity index (χ2n) is 4.28. The first-order valence-corrected chi connectivity index (χ1v) is 7.46. The molecule has 2 aromatic rings. The molecule has 1 aliphatic rings. The summed E-state index contributed by atoms with van der Waals surface area (Å²) in [6.45, 7) is 0.303. The molecule has 0 aliphatic carbocycles. The molecule has 0 bridgehead atoms. The van der Waals surface area contributed by atoms with Gasteiger partial charge >= 0.3 is 0 Å². The Morgan fingerprint density at radius 2 is 1.75 bits per heavy atom. The zero-order valence-corrected chi connectivity index (χ0v) is 11.3. The van der Waals surface area contributed by atoms with Crippen molar-refractivity contribution in [3.63, 3.8) is 0 Å². The first-order valence-electron chi connectivity index (χ1n) is 6.02. The smallest absolute Gasteiger partial charge is 0.286 e. The minimum atomic E-state index is -3.66. The third kappa shape index (κ3) is 2.09. The lowest BCUT2D eigenvalue weighted by molar-refractivity contribution is 0.546. The van der Waals surface area contributed by atoms with E-state index in [-0.39, 0.29) is 10.8 Å². The first-order chi connectivity index (χ1) is 9.62. The van der Waals surface area contributed by atoms with Crippen molar-refractivity contribution >= 4 is 15.9 Å². The minimum Gasteiger partial charge on any atom is -0.437 e. The maximum absolute atomic E-state index is 11.9. The molecular formula is C14H12N2O3S. The van der Waals surface area contributed by atoms with E-state index in [4.69, 9.17) is 10.5 Å². The number of sulfonamides is 1. The predicted octanol–water partition coefficient (Wildman–Crippen LogP) is 1.67. The summed E-state index contributed by atoms with van der Waals surface area (Å²) >= 11 is 0. The van der Waals surface area contributed by atoms with Gasteiger partial charge in [-0.05, 0) is 18.2 Å². The molecule has 0 spiro atoms. The van der Waals surface area contributed by atoms with Crippen LogP contribution >= 0.6 is 0 Å². The number of nitrogens with two attached hydrogens (primary N) is 1. The van der Waals surface area contributed by atoms with Crippen LogP contribution in [0, 0.1) is 0 Å². The number of para-hydroxylation sites is 1. The fourth-order valence-electron chi connectivity index (χ4n) is 2.03. The highest BCUT2D eigenvalue weighted by molar-refractivity contribution is 7.90. The summed E-state index contributed by atoms with van der Waals surface area (Å²) in [5, 5.41) is 0. The molecule has 0 amide bonds. The Balaban J connectivity index is 2.05. The largest absolute Gasteiger partial charge is 0.437 e. The number of benzene rings is 2. The number of fused-ring (bicyclic) bond motifs is 1. The molecule has 1 aliphatic heterocycles. The van der Waals surface area contributed by atoms with Gasteiger partial charge in [0.2, 0.25) is 5.90 Å². The molecule has 0 saturated heterocycles. The lowest BCUT2D eigenvalue weighted by atomic mass is 10.2. The van der Waals surface area contributed by atoms with Gasteiger partial charge in [0.15, 0.2) is 0 Å². The van der Waals surface area contributed by atoms with Crippen LogP contribution in [0.5, 0.6) is 5.75 Å². The van der Waals surface area contributed by atoms with E-state index in [2.05, 4.69) is 4.40 Å². The van der Waals surface area contributed by atoms with Gasteiger partial charge in [0, 0.05) is 12.1 Å². The van der Waals surface area contributed by atoms with Gasteiger partial charge in [0.1, 0.15) is 10.6 Å². The number of nitrogens with zero attached hydrogens (tertiary/aromatic N) is 1. The van der Waals surface area contributed by atoms with Crippen LogP contribution in [0.4, 0.5) is 0 Å². The van der Waals surface area contributed by atoms with Crippen LogP contribution in [0.3, 0.4) is 0 Å². The first kappa shape index (κ1) is 12.8. The molecule has 0 unspecified atom stereocenters. The summed E-state index contributed by atoms with van der Waals surface area (Å²) in [4.78, 5) is 0.167. The average Bonchev–Trinajstić information content (AvgIpc) is 2.71. The maximum atomic E-state index is 11.9. The van der Waals surface area contributed by atoms with Gasteiger partial charge in [-0.1, -0.05) is 30.3 Å². The molecule has 0 aromatic heterocycles. The van der Waals surface area contributed by atoms with E-state index >= 15 is 0 Å². The van der Waals surface area contributed by atoms with Crippen molar-refractivity contribution in [2.45, 2.75) is 11.4 Å². The Morgan fingerprint density at radius 1 is 1.05 bits per heavy atom. The Bertz CT molecular complexity index is 798. The molecule has 6 heteroatoms. The van der Waals surface area contributed by atoms with Gasteiger partial charge < -0.3 is 10.5 Å². The van der Waals surface area contributed by atoms with Crippen molar-refractivity contribution < 1.29 is 13.2 Å². The molecule has 20 heavy (non-hydrogen) atoms. The summed E-state index contributed by atoms with van der Waals surface area (Å²) in [5.41, 5.74) is 6.90. The van der Waals surface area contributed by atoms with E-state index in [0.29, 0.717) is 17.9 Å². The summed E-state index contributed by atoms with van der Waals surface area (Å²) in [6.07, 6.45) is 0. The third-order valence-electron chi connectivity index (χ3n) is 3.00. The average molecular weight is 288 g/mol. The normalized spacial score (nSPS) is 15.6. The van der Waals surface area contributed by atoms with E-state index in [1.54, 1.807) is 30.3 Å². The molecule has 0 fully saturated rings. The summed E-state index contributed by atoms with van der Waals surface area (Å²) < 4.78 is 33.2. The van der Waals surface area contributed by atoms with Crippen molar-refractivity contribution in [2.75, 3.05) is 0 Å². The van der Waals surface area contributed by atoms with Crippen LogP contribution in [-0.2, 0) is 16.6 Å². The van der Waals surface area contributed by atoms with Crippen molar-refractivity contribution in [3.05, 3.63) is 59.7 Å². The van der Waals surface area contributed by atoms with E-state index in [1.807, 2.05) is 12.1 Å². The van der Waals surface area contributed by atoms with Crippen LogP contribution in [0.15, 0.2) is 57.8 Å². The molecule has 0 radical (unpaired) electrons. The van der Waals surface area contributed by atoms with E-state index in [9.17, 15) is 8.42 Å². The Labute approximate surface area is 116 Å². The Morgan fingerprint density at radius 3 is 2.55 bits per heavy atom. The number of hydrogen-bond donors (Lipinski definition) is 1. The molecular weight excluding hydrogens is 276 g/mol. The molecule has 5 nitrogen and oxygen atoms in total. The van der Waals surface area contributed by atoms with E-state index < -0.39 is 10.0 Å².